The van der Waals surface area contributed by atoms with Gasteiger partial charge >= 0.3 is 0 Å². The topological polar surface area (TPSA) is 17.8 Å². The quantitative estimate of drug-likeness (QED) is 0.692. The fourth-order valence-electron chi connectivity index (χ4n) is 0.950. The molecule has 0 amide bonds. The van der Waals surface area contributed by atoms with E-state index in [0.717, 1.165) is 0 Å². The zero-order chi connectivity index (χ0) is 8.27. The summed E-state index contributed by atoms with van der Waals surface area (Å²) < 4.78 is 2.14. The van der Waals surface area contributed by atoms with Crippen LogP contribution in [0.3, 0.4) is 0 Å². The first-order chi connectivity index (χ1) is 5.25. The van der Waals surface area contributed by atoms with Crippen LogP contribution in [0.5, 0.6) is 0 Å². The Bertz CT molecular complexity index is 196. The summed E-state index contributed by atoms with van der Waals surface area (Å²) in [5.74, 6) is 0. The van der Waals surface area contributed by atoms with E-state index in [0.29, 0.717) is 11.3 Å². The fraction of sp³-hybridized carbons (Fsp3) is 0.625. The van der Waals surface area contributed by atoms with Gasteiger partial charge in [-0.05, 0) is 13.2 Å². The lowest BCUT2D eigenvalue weighted by molar-refractivity contribution is 0.543. The minimum absolute atomic E-state index is 0.535. The number of aromatic nitrogens is 2. The summed E-state index contributed by atoms with van der Waals surface area (Å²) in [5, 5.41) is 0.643. The average Bonchev–Trinajstić information content (AvgIpc) is 2.53. The van der Waals surface area contributed by atoms with Crippen molar-refractivity contribution in [3.63, 3.8) is 0 Å². The van der Waals surface area contributed by atoms with Crippen LogP contribution < -0.4 is 0 Å². The third-order valence-corrected chi connectivity index (χ3v) is 3.18. The van der Waals surface area contributed by atoms with Gasteiger partial charge in [0.15, 0.2) is 0 Å². The van der Waals surface area contributed by atoms with Crippen LogP contribution in [-0.2, 0) is 0 Å². The van der Waals surface area contributed by atoms with Gasteiger partial charge in [0.1, 0.15) is 0 Å². The Morgan fingerprint density at radius 2 is 2.18 bits per heavy atom. The number of hydrogen-bond donors (Lipinski definition) is 0. The van der Waals surface area contributed by atoms with Crippen molar-refractivity contribution < 1.29 is 0 Å². The molecule has 1 aromatic heterocycles. The predicted molar refractivity (Wildman–Crippen MR) is 49.9 cm³/mol. The molecule has 0 fully saturated rings. The van der Waals surface area contributed by atoms with Crippen LogP contribution in [0.4, 0.5) is 0 Å². The van der Waals surface area contributed by atoms with E-state index in [1.54, 1.807) is 0 Å². The van der Waals surface area contributed by atoms with Gasteiger partial charge in [-0.15, -0.1) is 0 Å². The SMILES string of the molecule is CSC(C)C(C)n1ccnc1. The molecule has 0 saturated carbocycles. The molecule has 0 aliphatic carbocycles. The van der Waals surface area contributed by atoms with Crippen LogP contribution in [0, 0.1) is 0 Å². The van der Waals surface area contributed by atoms with Crippen LogP contribution in [0.2, 0.25) is 0 Å². The zero-order valence-electron chi connectivity index (χ0n) is 7.19. The van der Waals surface area contributed by atoms with Gasteiger partial charge in [-0.25, -0.2) is 4.98 Å². The first kappa shape index (κ1) is 8.65. The first-order valence-electron chi connectivity index (χ1n) is 3.76. The summed E-state index contributed by atoms with van der Waals surface area (Å²) >= 11 is 1.88. The summed E-state index contributed by atoms with van der Waals surface area (Å²) in [6.45, 7) is 4.44. The lowest BCUT2D eigenvalue weighted by Crippen LogP contribution is -2.13. The Kier molecular flexibility index (Phi) is 3.00. The molecule has 0 bridgehead atoms. The minimum Gasteiger partial charge on any atom is -0.334 e. The van der Waals surface area contributed by atoms with Crippen molar-refractivity contribution in [2.75, 3.05) is 6.26 Å². The molecule has 0 spiro atoms. The van der Waals surface area contributed by atoms with Gasteiger partial charge in [0.25, 0.3) is 0 Å². The molecule has 2 unspecified atom stereocenters. The molecule has 0 radical (unpaired) electrons. The maximum Gasteiger partial charge on any atom is 0.0948 e. The summed E-state index contributed by atoms with van der Waals surface area (Å²) in [6.07, 6.45) is 7.84. The van der Waals surface area contributed by atoms with E-state index < -0.39 is 0 Å². The van der Waals surface area contributed by atoms with Crippen molar-refractivity contribution in [1.82, 2.24) is 9.55 Å². The standard InChI is InChI=1S/C8H14N2S/c1-7(8(2)11-3)10-5-4-9-6-10/h4-8H,1-3H3. The lowest BCUT2D eigenvalue weighted by atomic mass is 10.2. The second kappa shape index (κ2) is 3.81. The summed E-state index contributed by atoms with van der Waals surface area (Å²) in [5.41, 5.74) is 0. The van der Waals surface area contributed by atoms with Crippen LogP contribution in [0.15, 0.2) is 18.7 Å². The fourth-order valence-corrected chi connectivity index (χ4v) is 1.48. The molecule has 0 aliphatic rings. The number of rotatable bonds is 3. The second-order valence-corrected chi connectivity index (χ2v) is 3.91. The molecule has 0 saturated heterocycles. The van der Waals surface area contributed by atoms with Crippen molar-refractivity contribution in [3.8, 4) is 0 Å². The van der Waals surface area contributed by atoms with Gasteiger partial charge in [-0.1, -0.05) is 6.92 Å². The van der Waals surface area contributed by atoms with E-state index in [2.05, 4.69) is 29.7 Å². The molecule has 3 heteroatoms. The predicted octanol–water partition coefficient (Wildman–Crippen LogP) is 2.20. The van der Waals surface area contributed by atoms with Gasteiger partial charge < -0.3 is 4.57 Å². The van der Waals surface area contributed by atoms with E-state index in [1.165, 1.54) is 0 Å². The van der Waals surface area contributed by atoms with Gasteiger partial charge in [-0.2, -0.15) is 11.8 Å². The van der Waals surface area contributed by atoms with E-state index in [4.69, 9.17) is 0 Å². The highest BCUT2D eigenvalue weighted by Crippen LogP contribution is 2.20. The molecule has 2 atom stereocenters. The van der Waals surface area contributed by atoms with Crippen molar-refractivity contribution in [3.05, 3.63) is 18.7 Å². The molecular weight excluding hydrogens is 156 g/mol. The van der Waals surface area contributed by atoms with E-state index in [1.807, 2.05) is 30.5 Å². The largest absolute Gasteiger partial charge is 0.334 e. The smallest absolute Gasteiger partial charge is 0.0948 e. The Balaban J connectivity index is 2.62. The van der Waals surface area contributed by atoms with E-state index in [9.17, 15) is 0 Å². The van der Waals surface area contributed by atoms with Gasteiger partial charge in [0, 0.05) is 23.7 Å². The van der Waals surface area contributed by atoms with Crippen LogP contribution in [0.1, 0.15) is 19.9 Å². The molecule has 11 heavy (non-hydrogen) atoms. The van der Waals surface area contributed by atoms with Gasteiger partial charge in [-0.3, -0.25) is 0 Å². The number of imidazole rings is 1. The molecule has 0 N–H and O–H groups in total. The first-order valence-corrected chi connectivity index (χ1v) is 5.04. The van der Waals surface area contributed by atoms with Crippen molar-refractivity contribution in [1.29, 1.82) is 0 Å². The minimum atomic E-state index is 0.535. The highest BCUT2D eigenvalue weighted by molar-refractivity contribution is 7.99. The van der Waals surface area contributed by atoms with Crippen LogP contribution >= 0.6 is 11.8 Å². The number of nitrogens with zero attached hydrogens (tertiary/aromatic N) is 2. The molecule has 62 valence electrons. The van der Waals surface area contributed by atoms with Crippen LogP contribution in [-0.4, -0.2) is 21.1 Å². The maximum atomic E-state index is 4.01. The molecule has 0 aliphatic heterocycles. The Labute approximate surface area is 72.0 Å². The Morgan fingerprint density at radius 1 is 1.45 bits per heavy atom. The average molecular weight is 170 g/mol. The molecule has 1 rings (SSSR count). The van der Waals surface area contributed by atoms with E-state index in [-0.39, 0.29) is 0 Å². The molecule has 0 aromatic carbocycles. The summed E-state index contributed by atoms with van der Waals surface area (Å²) in [7, 11) is 0. The highest BCUT2D eigenvalue weighted by Gasteiger charge is 2.10. The van der Waals surface area contributed by atoms with Gasteiger partial charge in [0.2, 0.25) is 0 Å². The second-order valence-electron chi connectivity index (χ2n) is 2.69. The van der Waals surface area contributed by atoms with Crippen LogP contribution in [0.25, 0.3) is 0 Å². The van der Waals surface area contributed by atoms with Crippen molar-refractivity contribution >= 4 is 11.8 Å². The molecule has 1 heterocycles. The molecular formula is C8H14N2S. The van der Waals surface area contributed by atoms with Crippen molar-refractivity contribution in [2.24, 2.45) is 0 Å². The lowest BCUT2D eigenvalue weighted by Gasteiger charge is -2.18. The third-order valence-electron chi connectivity index (χ3n) is 2.05. The van der Waals surface area contributed by atoms with Gasteiger partial charge in [0.05, 0.1) is 6.33 Å². The maximum absolute atomic E-state index is 4.01. The molecule has 2 nitrogen and oxygen atoms in total. The van der Waals surface area contributed by atoms with E-state index >= 15 is 0 Å². The Hall–Kier alpha value is -0.440. The number of thioether (sulfide) groups is 1. The third kappa shape index (κ3) is 1.99. The highest BCUT2D eigenvalue weighted by atomic mass is 32.2. The monoisotopic (exact) mass is 170 g/mol. The zero-order valence-corrected chi connectivity index (χ0v) is 8.01. The number of hydrogen-bond acceptors (Lipinski definition) is 2. The summed E-state index contributed by atoms with van der Waals surface area (Å²) in [6, 6.07) is 0.535. The Morgan fingerprint density at radius 3 is 2.64 bits per heavy atom. The summed E-state index contributed by atoms with van der Waals surface area (Å²) in [4.78, 5) is 4.01. The molecule has 1 aromatic rings. The van der Waals surface area contributed by atoms with Crippen molar-refractivity contribution in [2.45, 2.75) is 25.1 Å². The normalized spacial score (nSPS) is 16.3.